The number of nitrogens with zero attached hydrogens (tertiary/aromatic N) is 1. The Labute approximate surface area is 113 Å². The van der Waals surface area contributed by atoms with Crippen molar-refractivity contribution in [2.24, 2.45) is 5.92 Å². The molecule has 1 fully saturated rings. The fourth-order valence-electron chi connectivity index (χ4n) is 2.24. The van der Waals surface area contributed by atoms with Crippen LogP contribution in [0.4, 0.5) is 0 Å². The summed E-state index contributed by atoms with van der Waals surface area (Å²) in [6, 6.07) is 0. The first kappa shape index (κ1) is 15.9. The molecule has 19 heavy (non-hydrogen) atoms. The van der Waals surface area contributed by atoms with E-state index in [1.807, 2.05) is 0 Å². The highest BCUT2D eigenvalue weighted by Crippen LogP contribution is 2.25. The van der Waals surface area contributed by atoms with Crippen LogP contribution in [0.15, 0.2) is 0 Å². The summed E-state index contributed by atoms with van der Waals surface area (Å²) in [7, 11) is -1.96. The number of carbonyl (C=O) groups is 2. The third-order valence-corrected chi connectivity index (χ3v) is 5.67. The van der Waals surface area contributed by atoms with Crippen molar-refractivity contribution in [3.8, 4) is 0 Å². The number of rotatable bonds is 6. The molecule has 6 nitrogen and oxygen atoms in total. The van der Waals surface area contributed by atoms with Gasteiger partial charge in [-0.05, 0) is 12.8 Å². The normalized spacial score (nSPS) is 18.2. The second-order valence-electron chi connectivity index (χ2n) is 5.23. The molecule has 1 saturated carbocycles. The smallest absolute Gasteiger partial charge is 0.308 e. The summed E-state index contributed by atoms with van der Waals surface area (Å²) in [5.74, 6) is -2.75. The first-order chi connectivity index (χ1) is 8.74. The molecule has 1 atom stereocenters. The molecule has 0 saturated heterocycles. The molecule has 0 heterocycles. The summed E-state index contributed by atoms with van der Waals surface area (Å²) in [5.41, 5.74) is 0. The van der Waals surface area contributed by atoms with Gasteiger partial charge >= 0.3 is 5.97 Å². The fraction of sp³-hybridized carbons (Fsp3) is 0.833. The summed E-state index contributed by atoms with van der Waals surface area (Å²) >= 11 is 0. The number of sulfone groups is 1. The zero-order valence-corrected chi connectivity index (χ0v) is 12.1. The Morgan fingerprint density at radius 2 is 1.84 bits per heavy atom. The number of aliphatic carboxylic acids is 1. The molecule has 1 unspecified atom stereocenters. The van der Waals surface area contributed by atoms with Gasteiger partial charge in [-0.2, -0.15) is 0 Å². The van der Waals surface area contributed by atoms with Crippen molar-refractivity contribution in [1.29, 1.82) is 0 Å². The van der Waals surface area contributed by atoms with E-state index in [0.717, 1.165) is 12.8 Å². The third kappa shape index (κ3) is 4.49. The van der Waals surface area contributed by atoms with E-state index in [4.69, 9.17) is 5.11 Å². The molecule has 1 aliphatic carbocycles. The van der Waals surface area contributed by atoms with E-state index >= 15 is 0 Å². The Bertz CT molecular complexity index is 439. The van der Waals surface area contributed by atoms with Crippen molar-refractivity contribution in [3.05, 3.63) is 0 Å². The van der Waals surface area contributed by atoms with Crippen LogP contribution in [0.5, 0.6) is 0 Å². The Hall–Kier alpha value is -1.11. The van der Waals surface area contributed by atoms with Crippen LogP contribution in [0.2, 0.25) is 0 Å². The van der Waals surface area contributed by atoms with Gasteiger partial charge in [0.05, 0.1) is 11.2 Å². The van der Waals surface area contributed by atoms with E-state index in [9.17, 15) is 18.0 Å². The third-order valence-electron chi connectivity index (χ3n) is 3.53. The van der Waals surface area contributed by atoms with Crippen molar-refractivity contribution < 1.29 is 23.1 Å². The first-order valence-electron chi connectivity index (χ1n) is 6.42. The number of hydrogen-bond acceptors (Lipinski definition) is 4. The summed E-state index contributed by atoms with van der Waals surface area (Å²) in [4.78, 5) is 23.7. The van der Waals surface area contributed by atoms with Crippen LogP contribution in [-0.2, 0) is 19.4 Å². The highest BCUT2D eigenvalue weighted by atomic mass is 32.2. The Morgan fingerprint density at radius 1 is 1.32 bits per heavy atom. The monoisotopic (exact) mass is 291 g/mol. The molecule has 0 aromatic rings. The molecule has 7 heteroatoms. The molecule has 0 aliphatic heterocycles. The minimum absolute atomic E-state index is 0.0222. The van der Waals surface area contributed by atoms with Crippen LogP contribution in [0, 0.1) is 5.92 Å². The maximum atomic E-state index is 12.0. The van der Waals surface area contributed by atoms with Crippen molar-refractivity contribution in [3.63, 3.8) is 0 Å². The van der Waals surface area contributed by atoms with E-state index in [-0.39, 0.29) is 6.54 Å². The Kier molecular flexibility index (Phi) is 5.34. The van der Waals surface area contributed by atoms with Gasteiger partial charge in [0.15, 0.2) is 9.84 Å². The molecule has 1 aliphatic rings. The minimum atomic E-state index is -3.40. The van der Waals surface area contributed by atoms with Crippen molar-refractivity contribution >= 4 is 21.7 Å². The molecule has 0 bridgehead atoms. The standard InChI is InChI=1S/C12H21NO5S/c1-9(12(15)16)7-13(2)11(14)8-19(17,18)10-5-3-4-6-10/h9-10H,3-8H2,1-2H3,(H,15,16). The Balaban J connectivity index is 2.56. The van der Waals surface area contributed by atoms with E-state index in [1.54, 1.807) is 0 Å². The minimum Gasteiger partial charge on any atom is -0.481 e. The van der Waals surface area contributed by atoms with Crippen LogP contribution < -0.4 is 0 Å². The zero-order valence-electron chi connectivity index (χ0n) is 11.3. The second kappa shape index (κ2) is 6.36. The van der Waals surface area contributed by atoms with E-state index in [2.05, 4.69) is 0 Å². The molecule has 0 spiro atoms. The van der Waals surface area contributed by atoms with Gasteiger partial charge in [-0.15, -0.1) is 0 Å². The lowest BCUT2D eigenvalue weighted by molar-refractivity contribution is -0.142. The zero-order chi connectivity index (χ0) is 14.6. The van der Waals surface area contributed by atoms with Gasteiger partial charge in [0, 0.05) is 13.6 Å². The molecular formula is C12H21NO5S. The predicted molar refractivity (Wildman–Crippen MR) is 70.5 cm³/mol. The maximum absolute atomic E-state index is 12.0. The Morgan fingerprint density at radius 3 is 2.32 bits per heavy atom. The molecule has 1 rings (SSSR count). The van der Waals surface area contributed by atoms with Gasteiger partial charge in [0.1, 0.15) is 5.75 Å². The van der Waals surface area contributed by atoms with Crippen molar-refractivity contribution in [1.82, 2.24) is 4.90 Å². The topological polar surface area (TPSA) is 91.8 Å². The number of hydrogen-bond donors (Lipinski definition) is 1. The summed E-state index contributed by atoms with van der Waals surface area (Å²) in [6.07, 6.45) is 3.05. The van der Waals surface area contributed by atoms with Gasteiger partial charge in [0.25, 0.3) is 0 Å². The summed E-state index contributed by atoms with van der Waals surface area (Å²) < 4.78 is 24.0. The molecular weight excluding hydrogens is 270 g/mol. The molecule has 1 amide bonds. The van der Waals surface area contributed by atoms with Gasteiger partial charge in [-0.25, -0.2) is 8.42 Å². The lowest BCUT2D eigenvalue weighted by Gasteiger charge is -2.20. The van der Waals surface area contributed by atoms with Crippen LogP contribution in [-0.4, -0.2) is 54.9 Å². The van der Waals surface area contributed by atoms with Crippen LogP contribution in [0.25, 0.3) is 0 Å². The molecule has 1 N–H and O–H groups in total. The van der Waals surface area contributed by atoms with Crippen LogP contribution in [0.3, 0.4) is 0 Å². The van der Waals surface area contributed by atoms with E-state index in [0.29, 0.717) is 12.8 Å². The average Bonchev–Trinajstić information content (AvgIpc) is 2.81. The molecule has 110 valence electrons. The highest BCUT2D eigenvalue weighted by Gasteiger charge is 2.31. The largest absolute Gasteiger partial charge is 0.481 e. The van der Waals surface area contributed by atoms with E-state index in [1.165, 1.54) is 18.9 Å². The van der Waals surface area contributed by atoms with E-state index < -0.39 is 38.6 Å². The molecule has 0 radical (unpaired) electrons. The van der Waals surface area contributed by atoms with Crippen molar-refractivity contribution in [2.75, 3.05) is 19.3 Å². The van der Waals surface area contributed by atoms with Gasteiger partial charge in [-0.1, -0.05) is 19.8 Å². The summed E-state index contributed by atoms with van der Waals surface area (Å²) in [6.45, 7) is 1.51. The lowest BCUT2D eigenvalue weighted by atomic mass is 10.2. The number of amides is 1. The molecule has 0 aromatic carbocycles. The van der Waals surface area contributed by atoms with Crippen LogP contribution >= 0.6 is 0 Å². The van der Waals surface area contributed by atoms with Gasteiger partial charge in [-0.3, -0.25) is 9.59 Å². The van der Waals surface area contributed by atoms with Crippen LogP contribution in [0.1, 0.15) is 32.6 Å². The second-order valence-corrected chi connectivity index (χ2v) is 7.51. The molecule has 0 aromatic heterocycles. The highest BCUT2D eigenvalue weighted by molar-refractivity contribution is 7.92. The lowest BCUT2D eigenvalue weighted by Crippen LogP contribution is -2.39. The average molecular weight is 291 g/mol. The van der Waals surface area contributed by atoms with Gasteiger partial charge in [0.2, 0.25) is 5.91 Å². The number of carbonyl (C=O) groups excluding carboxylic acids is 1. The number of carboxylic acids is 1. The maximum Gasteiger partial charge on any atom is 0.308 e. The van der Waals surface area contributed by atoms with Crippen molar-refractivity contribution in [2.45, 2.75) is 37.9 Å². The first-order valence-corrected chi connectivity index (χ1v) is 8.14. The summed E-state index contributed by atoms with van der Waals surface area (Å²) in [5, 5.41) is 8.36. The van der Waals surface area contributed by atoms with Gasteiger partial charge < -0.3 is 10.0 Å². The number of carboxylic acid groups (broad SMARTS) is 1. The fourth-order valence-corrected chi connectivity index (χ4v) is 4.09. The predicted octanol–water partition coefficient (Wildman–Crippen LogP) is 0.523. The quantitative estimate of drug-likeness (QED) is 0.770. The SMILES string of the molecule is CC(CN(C)C(=O)CS(=O)(=O)C1CCCC1)C(=O)O.